The molecule has 0 radical (unpaired) electrons. The number of carbonyl (C=O) groups is 2. The van der Waals surface area contributed by atoms with Gasteiger partial charge in [-0.3, -0.25) is 4.79 Å². The van der Waals surface area contributed by atoms with E-state index in [0.29, 0.717) is 16.1 Å². The predicted molar refractivity (Wildman–Crippen MR) is 147 cm³/mol. The van der Waals surface area contributed by atoms with Gasteiger partial charge >= 0.3 is 5.97 Å². The van der Waals surface area contributed by atoms with Crippen LogP contribution in [0.5, 0.6) is 0 Å². The van der Waals surface area contributed by atoms with Gasteiger partial charge in [-0.25, -0.2) is 4.79 Å². The van der Waals surface area contributed by atoms with Crippen molar-refractivity contribution in [3.05, 3.63) is 112 Å². The Morgan fingerprint density at radius 2 is 1.58 bits per heavy atom. The zero-order chi connectivity index (χ0) is 24.9. The van der Waals surface area contributed by atoms with E-state index in [1.54, 1.807) is 0 Å². The Kier molecular flexibility index (Phi) is 7.10. The van der Waals surface area contributed by atoms with Crippen molar-refractivity contribution in [2.75, 3.05) is 12.4 Å². The van der Waals surface area contributed by atoms with Crippen molar-refractivity contribution in [2.45, 2.75) is 25.7 Å². The van der Waals surface area contributed by atoms with Gasteiger partial charge in [0, 0.05) is 16.5 Å². The van der Waals surface area contributed by atoms with Crippen LogP contribution in [0.15, 0.2) is 84.2 Å². The molecule has 0 aliphatic heterocycles. The standard InChI is InChI=1S/C31H27NO3S/c1-35-31(34)28-27(25-17-16-22-12-8-9-15-24(22)19-25)20-36-30(28)32-29(33)26(23-13-6-3-7-14-23)18-21-10-4-2-5-11-21/h2-7,10-11,13-14,16-20H,8-9,12,15H2,1H3,(H,32,33)/b26-18+. The number of hydrogen-bond donors (Lipinski definition) is 1. The summed E-state index contributed by atoms with van der Waals surface area (Å²) in [7, 11) is 1.37. The number of benzene rings is 3. The van der Waals surface area contributed by atoms with E-state index >= 15 is 0 Å². The third-order valence-corrected chi connectivity index (χ3v) is 7.40. The molecular formula is C31H27NO3S. The summed E-state index contributed by atoms with van der Waals surface area (Å²) in [6.45, 7) is 0. The number of thiophene rings is 1. The van der Waals surface area contributed by atoms with E-state index < -0.39 is 5.97 Å². The van der Waals surface area contributed by atoms with Crippen LogP contribution in [0.1, 0.15) is 45.5 Å². The second kappa shape index (κ2) is 10.8. The summed E-state index contributed by atoms with van der Waals surface area (Å²) in [4.78, 5) is 26.5. The topological polar surface area (TPSA) is 55.4 Å². The van der Waals surface area contributed by atoms with Crippen LogP contribution >= 0.6 is 11.3 Å². The number of aryl methyl sites for hydroxylation is 2. The van der Waals surface area contributed by atoms with Crippen LogP contribution in [-0.2, 0) is 22.4 Å². The fraction of sp³-hybridized carbons (Fsp3) is 0.161. The van der Waals surface area contributed by atoms with Crippen LogP contribution in [0.25, 0.3) is 22.8 Å². The monoisotopic (exact) mass is 493 g/mol. The van der Waals surface area contributed by atoms with Gasteiger partial charge in [0.05, 0.1) is 7.11 Å². The molecule has 3 aromatic carbocycles. The van der Waals surface area contributed by atoms with Crippen LogP contribution < -0.4 is 5.32 Å². The molecule has 0 saturated heterocycles. The van der Waals surface area contributed by atoms with E-state index in [1.807, 2.05) is 72.1 Å². The minimum absolute atomic E-state index is 0.283. The summed E-state index contributed by atoms with van der Waals surface area (Å²) >= 11 is 1.34. The van der Waals surface area contributed by atoms with Crippen LogP contribution in [-0.4, -0.2) is 19.0 Å². The Hall–Kier alpha value is -3.96. The highest BCUT2D eigenvalue weighted by molar-refractivity contribution is 7.15. The third kappa shape index (κ3) is 5.02. The van der Waals surface area contributed by atoms with Gasteiger partial charge in [-0.15, -0.1) is 11.3 Å². The SMILES string of the molecule is COC(=O)c1c(-c2ccc3c(c2)CCCC3)csc1NC(=O)/C(=C/c1ccccc1)c1ccccc1. The van der Waals surface area contributed by atoms with E-state index in [2.05, 4.69) is 23.5 Å². The normalized spacial score (nSPS) is 13.1. The maximum absolute atomic E-state index is 13.6. The molecule has 1 aliphatic carbocycles. The molecule has 4 nitrogen and oxygen atoms in total. The summed E-state index contributed by atoms with van der Waals surface area (Å²) in [5.74, 6) is -0.749. The number of fused-ring (bicyclic) bond motifs is 1. The van der Waals surface area contributed by atoms with Crippen LogP contribution in [0.4, 0.5) is 5.00 Å². The van der Waals surface area contributed by atoms with E-state index in [0.717, 1.165) is 35.1 Å². The third-order valence-electron chi connectivity index (χ3n) is 6.51. The number of ether oxygens (including phenoxy) is 1. The van der Waals surface area contributed by atoms with Gasteiger partial charge in [0.15, 0.2) is 0 Å². The number of nitrogens with one attached hydrogen (secondary N) is 1. The molecule has 5 heteroatoms. The average molecular weight is 494 g/mol. The lowest BCUT2D eigenvalue weighted by molar-refractivity contribution is -0.111. The highest BCUT2D eigenvalue weighted by atomic mass is 32.1. The van der Waals surface area contributed by atoms with E-state index in [9.17, 15) is 9.59 Å². The highest BCUT2D eigenvalue weighted by Crippen LogP contribution is 2.38. The second-order valence-electron chi connectivity index (χ2n) is 8.82. The average Bonchev–Trinajstić information content (AvgIpc) is 3.35. The lowest BCUT2D eigenvalue weighted by Gasteiger charge is -2.17. The van der Waals surface area contributed by atoms with Crippen molar-refractivity contribution in [1.82, 2.24) is 0 Å². The lowest BCUT2D eigenvalue weighted by atomic mass is 9.89. The summed E-state index contributed by atoms with van der Waals surface area (Å²) < 4.78 is 5.13. The zero-order valence-electron chi connectivity index (χ0n) is 20.1. The maximum Gasteiger partial charge on any atom is 0.341 e. The molecule has 0 spiro atoms. The molecule has 0 fully saturated rings. The van der Waals surface area contributed by atoms with Crippen LogP contribution in [0.2, 0.25) is 0 Å². The van der Waals surface area contributed by atoms with Gasteiger partial charge < -0.3 is 10.1 Å². The van der Waals surface area contributed by atoms with Crippen molar-refractivity contribution in [3.8, 4) is 11.1 Å². The quantitative estimate of drug-likeness (QED) is 0.175. The molecule has 1 amide bonds. The molecule has 1 heterocycles. The number of esters is 1. The molecule has 1 aliphatic rings. The van der Waals surface area contributed by atoms with Crippen molar-refractivity contribution in [1.29, 1.82) is 0 Å². The number of rotatable bonds is 6. The first-order valence-electron chi connectivity index (χ1n) is 12.1. The van der Waals surface area contributed by atoms with E-state index in [-0.39, 0.29) is 5.91 Å². The molecule has 36 heavy (non-hydrogen) atoms. The van der Waals surface area contributed by atoms with Gasteiger partial charge in [0.25, 0.3) is 5.91 Å². The first kappa shape index (κ1) is 23.8. The van der Waals surface area contributed by atoms with E-state index in [4.69, 9.17) is 4.74 Å². The first-order valence-corrected chi connectivity index (χ1v) is 13.0. The van der Waals surface area contributed by atoms with Gasteiger partial charge in [-0.2, -0.15) is 0 Å². The Labute approximate surface area is 215 Å². The smallest absolute Gasteiger partial charge is 0.341 e. The summed E-state index contributed by atoms with van der Waals surface area (Å²) in [5.41, 5.74) is 7.08. The largest absolute Gasteiger partial charge is 0.465 e. The molecular weight excluding hydrogens is 466 g/mol. The Morgan fingerprint density at radius 1 is 0.889 bits per heavy atom. The van der Waals surface area contributed by atoms with Crippen molar-refractivity contribution in [2.24, 2.45) is 0 Å². The first-order chi connectivity index (χ1) is 17.6. The Morgan fingerprint density at radius 3 is 2.31 bits per heavy atom. The minimum atomic E-state index is -0.465. The van der Waals surface area contributed by atoms with Gasteiger partial charge in [-0.05, 0) is 59.6 Å². The molecule has 0 unspecified atom stereocenters. The van der Waals surface area contributed by atoms with Crippen molar-refractivity contribution in [3.63, 3.8) is 0 Å². The van der Waals surface area contributed by atoms with Crippen molar-refractivity contribution >= 4 is 39.9 Å². The summed E-state index contributed by atoms with van der Waals surface area (Å²) in [5, 5.41) is 5.41. The molecule has 0 atom stereocenters. The van der Waals surface area contributed by atoms with Crippen LogP contribution in [0.3, 0.4) is 0 Å². The number of carbonyl (C=O) groups excluding carboxylic acids is 2. The summed E-state index contributed by atoms with van der Waals surface area (Å²) in [6.07, 6.45) is 6.41. The van der Waals surface area contributed by atoms with Crippen LogP contribution in [0, 0.1) is 0 Å². The number of hydrogen-bond acceptors (Lipinski definition) is 4. The molecule has 4 aromatic rings. The maximum atomic E-state index is 13.6. The Bertz CT molecular complexity index is 1420. The second-order valence-corrected chi connectivity index (χ2v) is 9.70. The van der Waals surface area contributed by atoms with E-state index in [1.165, 1.54) is 42.4 Å². The van der Waals surface area contributed by atoms with Crippen molar-refractivity contribution < 1.29 is 14.3 Å². The van der Waals surface area contributed by atoms with Gasteiger partial charge in [0.1, 0.15) is 10.6 Å². The Balaban J connectivity index is 1.52. The molecule has 0 bridgehead atoms. The van der Waals surface area contributed by atoms with Gasteiger partial charge in [0.2, 0.25) is 0 Å². The molecule has 0 saturated carbocycles. The number of methoxy groups -OCH3 is 1. The molecule has 180 valence electrons. The fourth-order valence-electron chi connectivity index (χ4n) is 4.65. The van der Waals surface area contributed by atoms with Gasteiger partial charge in [-0.1, -0.05) is 78.9 Å². The fourth-order valence-corrected chi connectivity index (χ4v) is 5.60. The summed E-state index contributed by atoms with van der Waals surface area (Å²) in [6, 6.07) is 25.7. The molecule has 1 aromatic heterocycles. The highest BCUT2D eigenvalue weighted by Gasteiger charge is 2.24. The lowest BCUT2D eigenvalue weighted by Crippen LogP contribution is -2.15. The predicted octanol–water partition coefficient (Wildman–Crippen LogP) is 7.26. The number of amides is 1. The number of anilines is 1. The molecule has 1 N–H and O–H groups in total. The zero-order valence-corrected chi connectivity index (χ0v) is 20.9. The molecule has 5 rings (SSSR count). The minimum Gasteiger partial charge on any atom is -0.465 e.